The number of aromatic amines is 1. The van der Waals surface area contributed by atoms with Crippen molar-refractivity contribution in [3.05, 3.63) is 20.8 Å². The van der Waals surface area contributed by atoms with Gasteiger partial charge in [0.05, 0.1) is 19.8 Å². The van der Waals surface area contributed by atoms with Crippen molar-refractivity contribution >= 4 is 17.1 Å². The smallest absolute Gasteiger partial charge is 0.332 e. The van der Waals surface area contributed by atoms with Gasteiger partial charge in [0.25, 0.3) is 5.56 Å². The molecule has 2 heterocycles. The van der Waals surface area contributed by atoms with E-state index in [0.717, 1.165) is 4.57 Å². The molecule has 2 aromatic heterocycles. The average molecular weight is 297 g/mol. The highest BCUT2D eigenvalue weighted by Crippen LogP contribution is 2.09. The van der Waals surface area contributed by atoms with E-state index in [9.17, 15) is 9.59 Å². The van der Waals surface area contributed by atoms with Crippen LogP contribution in [-0.4, -0.2) is 51.1 Å². The normalized spacial score (nSPS) is 11.2. The van der Waals surface area contributed by atoms with E-state index >= 15 is 0 Å². The number of hydrogen-bond donors (Lipinski definition) is 3. The lowest BCUT2D eigenvalue weighted by Crippen LogP contribution is -2.40. The number of imidazole rings is 1. The Bertz CT molecular complexity index is 730. The molecule has 0 unspecified atom stereocenters. The van der Waals surface area contributed by atoms with Crippen LogP contribution < -0.4 is 16.6 Å². The number of nitrogens with one attached hydrogen (secondary N) is 2. The summed E-state index contributed by atoms with van der Waals surface area (Å²) in [7, 11) is 1.54. The molecule has 0 aromatic carbocycles. The number of aromatic nitrogens is 4. The quantitative estimate of drug-likeness (QED) is 0.601. The van der Waals surface area contributed by atoms with Crippen molar-refractivity contribution in [2.24, 2.45) is 0 Å². The second kappa shape index (κ2) is 6.55. The van der Waals surface area contributed by atoms with Crippen LogP contribution in [0.4, 0.5) is 5.95 Å². The molecular weight excluding hydrogens is 278 g/mol. The van der Waals surface area contributed by atoms with Gasteiger partial charge in [0, 0.05) is 20.2 Å². The van der Waals surface area contributed by atoms with Gasteiger partial charge in [-0.15, -0.1) is 0 Å². The predicted octanol–water partition coefficient (Wildman–Crippen LogP) is -1.04. The van der Waals surface area contributed by atoms with Gasteiger partial charge >= 0.3 is 5.69 Å². The van der Waals surface area contributed by atoms with E-state index in [-0.39, 0.29) is 24.3 Å². The molecule has 2 aromatic rings. The number of H-pyrrole nitrogens is 1. The zero-order valence-corrected chi connectivity index (χ0v) is 12.0. The molecule has 0 fully saturated rings. The maximum atomic E-state index is 12.3. The summed E-state index contributed by atoms with van der Waals surface area (Å²) in [6, 6.07) is 0. The first kappa shape index (κ1) is 15.3. The number of ether oxygens (including phenoxy) is 1. The van der Waals surface area contributed by atoms with Crippen LogP contribution in [0.2, 0.25) is 0 Å². The van der Waals surface area contributed by atoms with Crippen LogP contribution >= 0.6 is 0 Å². The lowest BCUT2D eigenvalue weighted by atomic mass is 10.5. The van der Waals surface area contributed by atoms with Gasteiger partial charge in [-0.2, -0.15) is 4.98 Å². The molecule has 0 radical (unpaired) electrons. The number of aliphatic hydroxyl groups is 1. The minimum absolute atomic E-state index is 0.0628. The molecule has 0 aliphatic heterocycles. The molecule has 0 atom stereocenters. The minimum Gasteiger partial charge on any atom is -0.395 e. The molecule has 9 nitrogen and oxygen atoms in total. The lowest BCUT2D eigenvalue weighted by molar-refractivity contribution is 0.186. The van der Waals surface area contributed by atoms with Crippen LogP contribution in [0.5, 0.6) is 0 Å². The molecule has 0 aliphatic rings. The topological polar surface area (TPSA) is 114 Å². The van der Waals surface area contributed by atoms with E-state index in [0.29, 0.717) is 25.6 Å². The van der Waals surface area contributed by atoms with E-state index in [1.165, 1.54) is 11.7 Å². The van der Waals surface area contributed by atoms with Gasteiger partial charge in [0.15, 0.2) is 11.2 Å². The number of rotatable bonds is 7. The van der Waals surface area contributed by atoms with Crippen molar-refractivity contribution in [3.8, 4) is 0 Å². The first-order chi connectivity index (χ1) is 10.1. The fourth-order valence-electron chi connectivity index (χ4n) is 2.09. The van der Waals surface area contributed by atoms with E-state index in [1.54, 1.807) is 6.92 Å². The average Bonchev–Trinajstić information content (AvgIpc) is 2.90. The second-order valence-corrected chi connectivity index (χ2v) is 4.41. The molecule has 0 saturated carbocycles. The van der Waals surface area contributed by atoms with Crippen molar-refractivity contribution in [2.75, 3.05) is 32.2 Å². The zero-order chi connectivity index (χ0) is 15.4. The number of methoxy groups -OCH3 is 1. The highest BCUT2D eigenvalue weighted by Gasteiger charge is 2.16. The van der Waals surface area contributed by atoms with Gasteiger partial charge in [-0.25, -0.2) is 4.79 Å². The fourth-order valence-corrected chi connectivity index (χ4v) is 2.09. The molecule has 0 saturated heterocycles. The highest BCUT2D eigenvalue weighted by molar-refractivity contribution is 5.72. The third-order valence-corrected chi connectivity index (χ3v) is 3.10. The van der Waals surface area contributed by atoms with Crippen LogP contribution in [0, 0.1) is 0 Å². The molecule has 0 spiro atoms. The molecule has 0 bridgehead atoms. The molecule has 2 rings (SSSR count). The number of aliphatic hydroxyl groups excluding tert-OH is 1. The van der Waals surface area contributed by atoms with Crippen molar-refractivity contribution in [3.63, 3.8) is 0 Å². The summed E-state index contributed by atoms with van der Waals surface area (Å²) < 4.78 is 7.54. The number of nitrogens with zero attached hydrogens (tertiary/aromatic N) is 3. The predicted molar refractivity (Wildman–Crippen MR) is 77.7 cm³/mol. The highest BCUT2D eigenvalue weighted by atomic mass is 16.5. The SMILES string of the molecule is CCn1c(=O)c2[nH]c(NCCO)nc2n(CCOC)c1=O. The Kier molecular flexibility index (Phi) is 4.76. The molecule has 21 heavy (non-hydrogen) atoms. The summed E-state index contributed by atoms with van der Waals surface area (Å²) in [5.74, 6) is 0.343. The zero-order valence-electron chi connectivity index (χ0n) is 12.0. The van der Waals surface area contributed by atoms with Gasteiger partial charge in [-0.05, 0) is 6.92 Å². The maximum Gasteiger partial charge on any atom is 0.332 e. The Morgan fingerprint density at radius 3 is 2.76 bits per heavy atom. The summed E-state index contributed by atoms with van der Waals surface area (Å²) >= 11 is 0. The van der Waals surface area contributed by atoms with Crippen molar-refractivity contribution < 1.29 is 9.84 Å². The Morgan fingerprint density at radius 2 is 2.14 bits per heavy atom. The largest absolute Gasteiger partial charge is 0.395 e. The Morgan fingerprint density at radius 1 is 1.38 bits per heavy atom. The van der Waals surface area contributed by atoms with Gasteiger partial charge in [-0.1, -0.05) is 0 Å². The number of anilines is 1. The Hall–Kier alpha value is -2.13. The summed E-state index contributed by atoms with van der Waals surface area (Å²) in [6.45, 7) is 2.88. The number of hydrogen-bond acceptors (Lipinski definition) is 6. The minimum atomic E-state index is -0.410. The first-order valence-electron chi connectivity index (χ1n) is 6.71. The molecular formula is C12H19N5O4. The third-order valence-electron chi connectivity index (χ3n) is 3.10. The van der Waals surface area contributed by atoms with E-state index in [4.69, 9.17) is 9.84 Å². The second-order valence-electron chi connectivity index (χ2n) is 4.41. The summed E-state index contributed by atoms with van der Waals surface area (Å²) in [5.41, 5.74) is -0.275. The Balaban J connectivity index is 2.64. The van der Waals surface area contributed by atoms with E-state index in [2.05, 4.69) is 15.3 Å². The monoisotopic (exact) mass is 297 g/mol. The van der Waals surface area contributed by atoms with Crippen LogP contribution in [0.3, 0.4) is 0 Å². The van der Waals surface area contributed by atoms with Gasteiger partial charge in [-0.3, -0.25) is 13.9 Å². The van der Waals surface area contributed by atoms with Crippen molar-refractivity contribution in [2.45, 2.75) is 20.0 Å². The third kappa shape index (κ3) is 2.83. The van der Waals surface area contributed by atoms with Gasteiger partial charge in [0.1, 0.15) is 0 Å². The lowest BCUT2D eigenvalue weighted by Gasteiger charge is -2.08. The van der Waals surface area contributed by atoms with E-state index < -0.39 is 11.2 Å². The van der Waals surface area contributed by atoms with Gasteiger partial charge in [0.2, 0.25) is 5.95 Å². The van der Waals surface area contributed by atoms with E-state index in [1.807, 2.05) is 0 Å². The van der Waals surface area contributed by atoms with Crippen molar-refractivity contribution in [1.29, 1.82) is 0 Å². The summed E-state index contributed by atoms with van der Waals surface area (Å²) in [6.07, 6.45) is 0. The van der Waals surface area contributed by atoms with Crippen LogP contribution in [-0.2, 0) is 17.8 Å². The molecule has 0 amide bonds. The summed E-state index contributed by atoms with van der Waals surface area (Å²) in [5, 5.41) is 11.7. The molecule has 116 valence electrons. The number of fused-ring (bicyclic) bond motifs is 1. The maximum absolute atomic E-state index is 12.3. The van der Waals surface area contributed by atoms with Gasteiger partial charge < -0.3 is 20.1 Å². The van der Waals surface area contributed by atoms with Crippen molar-refractivity contribution in [1.82, 2.24) is 19.1 Å². The van der Waals surface area contributed by atoms with Crippen LogP contribution in [0.25, 0.3) is 11.2 Å². The van der Waals surface area contributed by atoms with Crippen LogP contribution in [0.15, 0.2) is 9.59 Å². The first-order valence-corrected chi connectivity index (χ1v) is 6.71. The molecule has 3 N–H and O–H groups in total. The van der Waals surface area contributed by atoms with Crippen LogP contribution in [0.1, 0.15) is 6.92 Å². The molecule has 0 aliphatic carbocycles. The molecule has 9 heteroatoms. The summed E-state index contributed by atoms with van der Waals surface area (Å²) in [4.78, 5) is 31.7. The fraction of sp³-hybridized carbons (Fsp3) is 0.583. The Labute approximate surface area is 120 Å². The standard InChI is InChI=1S/C12H19N5O4/c1-3-16-10(19)8-9(15-11(14-8)13-4-6-18)17(12(16)20)5-7-21-2/h18H,3-7H2,1-2H3,(H2,13,14,15).